The largest absolute Gasteiger partial charge is 0.227 e. The van der Waals surface area contributed by atoms with E-state index in [-0.39, 0.29) is 0 Å². The minimum Gasteiger partial charge on any atom is -0.227 e. The summed E-state index contributed by atoms with van der Waals surface area (Å²) in [5, 5.41) is 3.30. The molecule has 0 amide bonds. The Morgan fingerprint density at radius 3 is 2.00 bits per heavy atom. The third-order valence-electron chi connectivity index (χ3n) is 4.81. The van der Waals surface area contributed by atoms with Crippen LogP contribution in [0.1, 0.15) is 0 Å². The first-order valence-corrected chi connectivity index (χ1v) is 10.5. The van der Waals surface area contributed by atoms with Crippen molar-refractivity contribution in [1.82, 2.24) is 9.97 Å². The number of aromatic nitrogens is 2. The summed E-state index contributed by atoms with van der Waals surface area (Å²) in [4.78, 5) is 9.96. The standard InChI is InChI=1S/C24H14Br2N2/c25-17-12-10-16(11-13-17)24-27-22(15-6-2-1-3-7-15)20-14-21(26)18-8-4-5-9-19(18)23(20)28-24/h1-14H. The molecule has 0 aliphatic heterocycles. The van der Waals surface area contributed by atoms with E-state index in [1.165, 1.54) is 0 Å². The van der Waals surface area contributed by atoms with E-state index in [9.17, 15) is 0 Å². The zero-order chi connectivity index (χ0) is 19.1. The fourth-order valence-corrected chi connectivity index (χ4v) is 4.30. The molecule has 1 heterocycles. The number of hydrogen-bond acceptors (Lipinski definition) is 2. The van der Waals surface area contributed by atoms with Gasteiger partial charge in [-0.1, -0.05) is 98.6 Å². The molecule has 4 aromatic carbocycles. The quantitative estimate of drug-likeness (QED) is 0.238. The van der Waals surface area contributed by atoms with Crippen molar-refractivity contribution in [2.24, 2.45) is 0 Å². The molecule has 0 aliphatic carbocycles. The third-order valence-corrected chi connectivity index (χ3v) is 5.99. The van der Waals surface area contributed by atoms with Gasteiger partial charge in [-0.25, -0.2) is 9.97 Å². The molecule has 0 saturated carbocycles. The predicted molar refractivity (Wildman–Crippen MR) is 123 cm³/mol. The molecule has 0 atom stereocenters. The molecule has 0 radical (unpaired) electrons. The summed E-state index contributed by atoms with van der Waals surface area (Å²) >= 11 is 7.24. The van der Waals surface area contributed by atoms with Crippen molar-refractivity contribution in [3.05, 3.63) is 93.9 Å². The lowest BCUT2D eigenvalue weighted by Gasteiger charge is -2.12. The maximum atomic E-state index is 4.98. The van der Waals surface area contributed by atoms with Gasteiger partial charge in [0, 0.05) is 30.8 Å². The van der Waals surface area contributed by atoms with Crippen molar-refractivity contribution in [3.8, 4) is 22.6 Å². The second-order valence-corrected chi connectivity index (χ2v) is 8.34. The number of hydrogen-bond donors (Lipinski definition) is 0. The van der Waals surface area contributed by atoms with Gasteiger partial charge in [0.25, 0.3) is 0 Å². The highest BCUT2D eigenvalue weighted by molar-refractivity contribution is 9.11. The number of nitrogens with zero attached hydrogens (tertiary/aromatic N) is 2. The molecule has 0 N–H and O–H groups in total. The number of benzene rings is 4. The second kappa shape index (κ2) is 7.12. The van der Waals surface area contributed by atoms with Crippen molar-refractivity contribution in [3.63, 3.8) is 0 Å². The van der Waals surface area contributed by atoms with Crippen LogP contribution < -0.4 is 0 Å². The van der Waals surface area contributed by atoms with Crippen molar-refractivity contribution in [1.29, 1.82) is 0 Å². The lowest BCUT2D eigenvalue weighted by atomic mass is 10.0. The molecule has 134 valence electrons. The van der Waals surface area contributed by atoms with Gasteiger partial charge in [0.15, 0.2) is 5.82 Å². The van der Waals surface area contributed by atoms with Gasteiger partial charge < -0.3 is 0 Å². The van der Waals surface area contributed by atoms with Crippen LogP contribution in [0.5, 0.6) is 0 Å². The van der Waals surface area contributed by atoms with Gasteiger partial charge in [-0.15, -0.1) is 0 Å². The number of halogens is 2. The molecular weight excluding hydrogens is 476 g/mol. The summed E-state index contributed by atoms with van der Waals surface area (Å²) in [6.07, 6.45) is 0. The Morgan fingerprint density at radius 1 is 0.571 bits per heavy atom. The summed E-state index contributed by atoms with van der Waals surface area (Å²) in [6, 6.07) is 28.9. The minimum absolute atomic E-state index is 0.728. The summed E-state index contributed by atoms with van der Waals surface area (Å²) in [5.74, 6) is 0.728. The molecule has 0 saturated heterocycles. The van der Waals surface area contributed by atoms with Gasteiger partial charge >= 0.3 is 0 Å². The van der Waals surface area contributed by atoms with Crippen LogP contribution in [0, 0.1) is 0 Å². The number of rotatable bonds is 2. The van der Waals surface area contributed by atoms with Crippen LogP contribution in [0.25, 0.3) is 44.3 Å². The molecule has 2 nitrogen and oxygen atoms in total. The number of fused-ring (bicyclic) bond motifs is 3. The van der Waals surface area contributed by atoms with Crippen molar-refractivity contribution in [2.75, 3.05) is 0 Å². The van der Waals surface area contributed by atoms with E-state index in [4.69, 9.17) is 9.97 Å². The molecule has 5 aromatic rings. The van der Waals surface area contributed by atoms with E-state index in [1.54, 1.807) is 0 Å². The average molecular weight is 490 g/mol. The highest BCUT2D eigenvalue weighted by Gasteiger charge is 2.15. The Morgan fingerprint density at radius 2 is 1.25 bits per heavy atom. The maximum Gasteiger partial charge on any atom is 0.160 e. The van der Waals surface area contributed by atoms with Gasteiger partial charge in [-0.3, -0.25) is 0 Å². The molecule has 0 fully saturated rings. The van der Waals surface area contributed by atoms with Gasteiger partial charge in [0.1, 0.15) is 0 Å². The molecular formula is C24H14Br2N2. The summed E-state index contributed by atoms with van der Waals surface area (Å²) in [5.41, 5.74) is 3.98. The van der Waals surface area contributed by atoms with Crippen molar-refractivity contribution in [2.45, 2.75) is 0 Å². The van der Waals surface area contributed by atoms with Gasteiger partial charge in [-0.2, -0.15) is 0 Å². The zero-order valence-electron chi connectivity index (χ0n) is 14.7. The molecule has 28 heavy (non-hydrogen) atoms. The monoisotopic (exact) mass is 488 g/mol. The molecule has 5 rings (SSSR count). The maximum absolute atomic E-state index is 4.98. The van der Waals surface area contributed by atoms with Crippen LogP contribution in [-0.2, 0) is 0 Å². The van der Waals surface area contributed by atoms with Gasteiger partial charge in [0.2, 0.25) is 0 Å². The van der Waals surface area contributed by atoms with E-state index < -0.39 is 0 Å². The molecule has 0 aliphatic rings. The summed E-state index contributed by atoms with van der Waals surface area (Å²) in [7, 11) is 0. The Labute approximate surface area is 179 Å². The highest BCUT2D eigenvalue weighted by atomic mass is 79.9. The smallest absolute Gasteiger partial charge is 0.160 e. The van der Waals surface area contributed by atoms with Crippen LogP contribution in [0.3, 0.4) is 0 Å². The van der Waals surface area contributed by atoms with Crippen LogP contribution in [0.15, 0.2) is 93.9 Å². The van der Waals surface area contributed by atoms with Crippen LogP contribution >= 0.6 is 31.9 Å². The average Bonchev–Trinajstić information content (AvgIpc) is 2.75. The van der Waals surface area contributed by atoms with Gasteiger partial charge in [0.05, 0.1) is 11.2 Å². The van der Waals surface area contributed by atoms with E-state index in [0.29, 0.717) is 0 Å². The second-order valence-electron chi connectivity index (χ2n) is 6.57. The Bertz CT molecular complexity index is 1310. The fourth-order valence-electron chi connectivity index (χ4n) is 3.46. The summed E-state index contributed by atoms with van der Waals surface area (Å²) in [6.45, 7) is 0. The zero-order valence-corrected chi connectivity index (χ0v) is 17.9. The highest BCUT2D eigenvalue weighted by Crippen LogP contribution is 2.36. The molecule has 0 spiro atoms. The van der Waals surface area contributed by atoms with E-state index in [0.717, 1.165) is 53.3 Å². The predicted octanol–water partition coefficient (Wildman–Crippen LogP) is 7.64. The first-order chi connectivity index (χ1) is 13.7. The van der Waals surface area contributed by atoms with Crippen LogP contribution in [-0.4, -0.2) is 9.97 Å². The fraction of sp³-hybridized carbons (Fsp3) is 0. The third kappa shape index (κ3) is 3.03. The molecule has 0 unspecified atom stereocenters. The first-order valence-electron chi connectivity index (χ1n) is 8.91. The van der Waals surface area contributed by atoms with E-state index in [1.807, 2.05) is 48.5 Å². The SMILES string of the molecule is Brc1ccc(-c2nc(-c3ccccc3)c3cc(Br)c4ccccc4c3n2)cc1. The Kier molecular flexibility index (Phi) is 4.46. The molecule has 0 bridgehead atoms. The van der Waals surface area contributed by atoms with Crippen LogP contribution in [0.2, 0.25) is 0 Å². The van der Waals surface area contributed by atoms with Crippen molar-refractivity contribution < 1.29 is 0 Å². The topological polar surface area (TPSA) is 25.8 Å². The normalized spacial score (nSPS) is 11.2. The van der Waals surface area contributed by atoms with E-state index >= 15 is 0 Å². The first kappa shape index (κ1) is 17.5. The molecule has 1 aromatic heterocycles. The summed E-state index contributed by atoms with van der Waals surface area (Å²) < 4.78 is 2.09. The Hall–Kier alpha value is -2.56. The Balaban J connectivity index is 1.91. The lowest BCUT2D eigenvalue weighted by Crippen LogP contribution is -1.96. The molecule has 4 heteroatoms. The van der Waals surface area contributed by atoms with Crippen molar-refractivity contribution >= 4 is 53.5 Å². The van der Waals surface area contributed by atoms with Crippen LogP contribution in [0.4, 0.5) is 0 Å². The minimum atomic E-state index is 0.728. The van der Waals surface area contributed by atoms with E-state index in [2.05, 4.69) is 68.3 Å². The lowest BCUT2D eigenvalue weighted by molar-refractivity contribution is 1.23. The van der Waals surface area contributed by atoms with Gasteiger partial charge in [-0.05, 0) is 23.6 Å².